The van der Waals surface area contributed by atoms with Crippen molar-refractivity contribution in [3.63, 3.8) is 0 Å². The first kappa shape index (κ1) is 20.6. The van der Waals surface area contributed by atoms with Gasteiger partial charge in [-0.15, -0.1) is 10.2 Å². The molecule has 9 heteroatoms. The lowest BCUT2D eigenvalue weighted by molar-refractivity contribution is 0.312. The zero-order valence-corrected chi connectivity index (χ0v) is 18.1. The van der Waals surface area contributed by atoms with Gasteiger partial charge in [-0.05, 0) is 55.6 Å². The minimum absolute atomic E-state index is 0.154. The van der Waals surface area contributed by atoms with Crippen LogP contribution in [0.2, 0.25) is 5.02 Å². The van der Waals surface area contributed by atoms with Crippen LogP contribution in [0.15, 0.2) is 65.6 Å². The first-order valence-corrected chi connectivity index (χ1v) is 11.4. The second-order valence-electron chi connectivity index (χ2n) is 7.20. The Balaban J connectivity index is 1.45. The summed E-state index contributed by atoms with van der Waals surface area (Å²) >= 11 is 5.83. The molecule has 0 unspecified atom stereocenters. The van der Waals surface area contributed by atoms with Gasteiger partial charge in [-0.25, -0.2) is 8.42 Å². The molecule has 0 amide bonds. The van der Waals surface area contributed by atoms with Crippen LogP contribution in [0.3, 0.4) is 0 Å². The quantitative estimate of drug-likeness (QED) is 0.651. The number of halogens is 1. The standard InChI is InChI=1S/C21H22ClN5O2S/c1-26-12-14-27(15-13-26)21-11-10-20(23-24-21)16-2-6-18(7-3-16)25-30(28,29)19-8-4-17(22)5-9-19/h2-11,25H,12-15H2,1H3. The van der Waals surface area contributed by atoms with Crippen LogP contribution in [0.25, 0.3) is 11.3 Å². The summed E-state index contributed by atoms with van der Waals surface area (Å²) in [5.74, 6) is 0.874. The molecular weight excluding hydrogens is 422 g/mol. The Labute approximate surface area is 181 Å². The average Bonchev–Trinajstić information content (AvgIpc) is 2.75. The maximum absolute atomic E-state index is 12.5. The summed E-state index contributed by atoms with van der Waals surface area (Å²) in [6.45, 7) is 3.90. The predicted molar refractivity (Wildman–Crippen MR) is 119 cm³/mol. The van der Waals surface area contributed by atoms with E-state index < -0.39 is 10.0 Å². The second-order valence-corrected chi connectivity index (χ2v) is 9.32. The third kappa shape index (κ3) is 4.72. The van der Waals surface area contributed by atoms with Crippen molar-refractivity contribution in [2.75, 3.05) is 42.8 Å². The first-order chi connectivity index (χ1) is 14.4. The molecule has 156 valence electrons. The molecule has 0 radical (unpaired) electrons. The van der Waals surface area contributed by atoms with Gasteiger partial charge in [-0.3, -0.25) is 4.72 Å². The van der Waals surface area contributed by atoms with E-state index >= 15 is 0 Å². The van der Waals surface area contributed by atoms with E-state index in [0.29, 0.717) is 10.7 Å². The van der Waals surface area contributed by atoms with Gasteiger partial charge >= 0.3 is 0 Å². The van der Waals surface area contributed by atoms with E-state index in [2.05, 4.69) is 31.8 Å². The molecule has 2 aromatic carbocycles. The van der Waals surface area contributed by atoms with Gasteiger partial charge in [0.2, 0.25) is 0 Å². The molecule has 1 N–H and O–H groups in total. The fourth-order valence-corrected chi connectivity index (χ4v) is 4.40. The molecule has 4 rings (SSSR count). The number of hydrogen-bond acceptors (Lipinski definition) is 6. The molecule has 0 bridgehead atoms. The Morgan fingerprint density at radius 1 is 0.867 bits per heavy atom. The second kappa shape index (κ2) is 8.59. The largest absolute Gasteiger partial charge is 0.353 e. The highest BCUT2D eigenvalue weighted by molar-refractivity contribution is 7.92. The molecule has 0 atom stereocenters. The highest BCUT2D eigenvalue weighted by atomic mass is 35.5. The van der Waals surface area contributed by atoms with Crippen molar-refractivity contribution in [3.8, 4) is 11.3 Å². The monoisotopic (exact) mass is 443 g/mol. The molecule has 0 spiro atoms. The van der Waals surface area contributed by atoms with Crippen molar-refractivity contribution >= 4 is 33.1 Å². The highest BCUT2D eigenvalue weighted by Crippen LogP contribution is 2.23. The van der Waals surface area contributed by atoms with Gasteiger partial charge in [0.25, 0.3) is 10.0 Å². The first-order valence-electron chi connectivity index (χ1n) is 9.57. The molecule has 1 aliphatic rings. The van der Waals surface area contributed by atoms with Crippen molar-refractivity contribution in [1.82, 2.24) is 15.1 Å². The molecule has 1 fully saturated rings. The van der Waals surface area contributed by atoms with E-state index in [1.165, 1.54) is 12.1 Å². The van der Waals surface area contributed by atoms with Crippen LogP contribution < -0.4 is 9.62 Å². The van der Waals surface area contributed by atoms with Gasteiger partial charge in [0.05, 0.1) is 10.6 Å². The fourth-order valence-electron chi connectivity index (χ4n) is 3.22. The van der Waals surface area contributed by atoms with E-state index in [1.807, 2.05) is 24.3 Å². The van der Waals surface area contributed by atoms with E-state index in [9.17, 15) is 8.42 Å². The van der Waals surface area contributed by atoms with Crippen LogP contribution in [-0.2, 0) is 10.0 Å². The molecule has 1 saturated heterocycles. The summed E-state index contributed by atoms with van der Waals surface area (Å²) in [7, 11) is -1.56. The highest BCUT2D eigenvalue weighted by Gasteiger charge is 2.16. The number of nitrogens with zero attached hydrogens (tertiary/aromatic N) is 4. The minimum Gasteiger partial charge on any atom is -0.353 e. The fraction of sp³-hybridized carbons (Fsp3) is 0.238. The van der Waals surface area contributed by atoms with Crippen LogP contribution in [0, 0.1) is 0 Å². The third-order valence-corrected chi connectivity index (χ3v) is 6.68. The number of hydrogen-bond donors (Lipinski definition) is 1. The number of likely N-dealkylation sites (N-methyl/N-ethyl adjacent to an activating group) is 1. The summed E-state index contributed by atoms with van der Waals surface area (Å²) in [6.07, 6.45) is 0. The van der Waals surface area contributed by atoms with E-state index in [4.69, 9.17) is 11.6 Å². The molecule has 1 aliphatic heterocycles. The Hall–Kier alpha value is -2.68. The molecule has 0 saturated carbocycles. The number of sulfonamides is 1. The van der Waals surface area contributed by atoms with Gasteiger partial charge in [-0.2, -0.15) is 0 Å². The van der Waals surface area contributed by atoms with Crippen molar-refractivity contribution in [2.24, 2.45) is 0 Å². The number of anilines is 2. The molecule has 2 heterocycles. The smallest absolute Gasteiger partial charge is 0.261 e. The summed E-state index contributed by atoms with van der Waals surface area (Å²) < 4.78 is 27.6. The summed E-state index contributed by atoms with van der Waals surface area (Å²) in [4.78, 5) is 4.67. The lowest BCUT2D eigenvalue weighted by atomic mass is 10.1. The van der Waals surface area contributed by atoms with Gasteiger partial charge in [0, 0.05) is 42.5 Å². The maximum atomic E-state index is 12.5. The third-order valence-electron chi connectivity index (χ3n) is 5.03. The normalized spacial score (nSPS) is 15.2. The molecular formula is C21H22ClN5O2S. The van der Waals surface area contributed by atoms with Gasteiger partial charge < -0.3 is 9.80 Å². The zero-order valence-electron chi connectivity index (χ0n) is 16.5. The lowest BCUT2D eigenvalue weighted by Gasteiger charge is -2.32. The Bertz CT molecular complexity index is 1100. The Morgan fingerprint density at radius 2 is 1.53 bits per heavy atom. The van der Waals surface area contributed by atoms with Crippen molar-refractivity contribution in [3.05, 3.63) is 65.7 Å². The maximum Gasteiger partial charge on any atom is 0.261 e. The van der Waals surface area contributed by atoms with Crippen molar-refractivity contribution in [2.45, 2.75) is 4.90 Å². The number of benzene rings is 2. The average molecular weight is 444 g/mol. The molecule has 0 aliphatic carbocycles. The lowest BCUT2D eigenvalue weighted by Crippen LogP contribution is -2.44. The van der Waals surface area contributed by atoms with E-state index in [1.54, 1.807) is 24.3 Å². The number of rotatable bonds is 5. The van der Waals surface area contributed by atoms with Crippen LogP contribution in [0.4, 0.5) is 11.5 Å². The van der Waals surface area contributed by atoms with Crippen LogP contribution in [0.1, 0.15) is 0 Å². The minimum atomic E-state index is -3.68. The topological polar surface area (TPSA) is 78.4 Å². The number of aromatic nitrogens is 2. The SMILES string of the molecule is CN1CCN(c2ccc(-c3ccc(NS(=O)(=O)c4ccc(Cl)cc4)cc3)nn2)CC1. The summed E-state index contributed by atoms with van der Waals surface area (Å²) in [5, 5.41) is 9.20. The van der Waals surface area contributed by atoms with Gasteiger partial charge in [-0.1, -0.05) is 23.7 Å². The van der Waals surface area contributed by atoms with Crippen LogP contribution >= 0.6 is 11.6 Å². The molecule has 30 heavy (non-hydrogen) atoms. The Morgan fingerprint density at radius 3 is 2.13 bits per heavy atom. The number of nitrogens with one attached hydrogen (secondary N) is 1. The van der Waals surface area contributed by atoms with Gasteiger partial charge in [0.15, 0.2) is 5.82 Å². The molecule has 7 nitrogen and oxygen atoms in total. The summed E-state index contributed by atoms with van der Waals surface area (Å²) in [6, 6.07) is 17.0. The Kier molecular flexibility index (Phi) is 5.90. The van der Waals surface area contributed by atoms with E-state index in [0.717, 1.165) is 43.3 Å². The van der Waals surface area contributed by atoms with E-state index in [-0.39, 0.29) is 4.90 Å². The van der Waals surface area contributed by atoms with Crippen molar-refractivity contribution in [1.29, 1.82) is 0 Å². The predicted octanol–water partition coefficient (Wildman–Crippen LogP) is 3.35. The van der Waals surface area contributed by atoms with Crippen LogP contribution in [0.5, 0.6) is 0 Å². The number of piperazine rings is 1. The van der Waals surface area contributed by atoms with Crippen molar-refractivity contribution < 1.29 is 8.42 Å². The molecule has 1 aromatic heterocycles. The zero-order chi connectivity index (χ0) is 21.1. The molecule has 3 aromatic rings. The van der Waals surface area contributed by atoms with Crippen LogP contribution in [-0.4, -0.2) is 56.7 Å². The van der Waals surface area contributed by atoms with Gasteiger partial charge in [0.1, 0.15) is 0 Å². The summed E-state index contributed by atoms with van der Waals surface area (Å²) in [5.41, 5.74) is 2.07.